The van der Waals surface area contributed by atoms with Gasteiger partial charge in [0.05, 0.1) is 12.6 Å². The molecule has 116 valence electrons. The zero-order chi connectivity index (χ0) is 15.3. The molecule has 3 heteroatoms. The Morgan fingerprint density at radius 1 is 1.24 bits per heavy atom. The van der Waals surface area contributed by atoms with Crippen molar-refractivity contribution in [2.75, 3.05) is 13.1 Å². The number of nitrogens with one attached hydrogen (secondary N) is 2. The van der Waals surface area contributed by atoms with Crippen LogP contribution in [0.15, 0.2) is 30.3 Å². The molecule has 0 radical (unpaired) electrons. The zero-order valence-electron chi connectivity index (χ0n) is 13.5. The van der Waals surface area contributed by atoms with Gasteiger partial charge in [-0.25, -0.2) is 0 Å². The van der Waals surface area contributed by atoms with Crippen LogP contribution in [0.4, 0.5) is 0 Å². The molecular formula is C18H28N2O. The van der Waals surface area contributed by atoms with Crippen molar-refractivity contribution in [3.8, 4) is 0 Å². The normalized spacial score (nSPS) is 16.5. The summed E-state index contributed by atoms with van der Waals surface area (Å²) >= 11 is 0. The average Bonchev–Trinajstić information content (AvgIpc) is 3.21. The van der Waals surface area contributed by atoms with E-state index in [9.17, 15) is 4.79 Å². The summed E-state index contributed by atoms with van der Waals surface area (Å²) in [6, 6.07) is 10.3. The summed E-state index contributed by atoms with van der Waals surface area (Å²) in [6.07, 6.45) is 3.56. The topological polar surface area (TPSA) is 41.1 Å². The van der Waals surface area contributed by atoms with Gasteiger partial charge in [0.25, 0.3) is 0 Å². The Morgan fingerprint density at radius 3 is 2.48 bits per heavy atom. The lowest BCUT2D eigenvalue weighted by molar-refractivity contribution is -0.121. The molecular weight excluding hydrogens is 260 g/mol. The molecule has 0 bridgehead atoms. The summed E-state index contributed by atoms with van der Waals surface area (Å²) in [5.41, 5.74) is 1.36. The monoisotopic (exact) mass is 288 g/mol. The predicted molar refractivity (Wildman–Crippen MR) is 87.0 cm³/mol. The summed E-state index contributed by atoms with van der Waals surface area (Å²) in [5, 5.41) is 6.44. The molecule has 1 saturated carbocycles. The average molecular weight is 288 g/mol. The molecule has 21 heavy (non-hydrogen) atoms. The van der Waals surface area contributed by atoms with Crippen LogP contribution >= 0.6 is 0 Å². The van der Waals surface area contributed by atoms with Crippen molar-refractivity contribution < 1.29 is 4.79 Å². The van der Waals surface area contributed by atoms with Gasteiger partial charge in [-0.2, -0.15) is 0 Å². The van der Waals surface area contributed by atoms with Crippen molar-refractivity contribution in [3.05, 3.63) is 35.9 Å². The van der Waals surface area contributed by atoms with E-state index in [2.05, 4.69) is 43.5 Å². The quantitative estimate of drug-likeness (QED) is 0.808. The Morgan fingerprint density at radius 2 is 1.90 bits per heavy atom. The van der Waals surface area contributed by atoms with Crippen molar-refractivity contribution in [1.29, 1.82) is 0 Å². The van der Waals surface area contributed by atoms with Crippen LogP contribution in [-0.2, 0) is 4.79 Å². The van der Waals surface area contributed by atoms with Crippen molar-refractivity contribution in [1.82, 2.24) is 10.6 Å². The van der Waals surface area contributed by atoms with Gasteiger partial charge in [-0.15, -0.1) is 0 Å². The Hall–Kier alpha value is -1.35. The Labute approximate surface area is 128 Å². The van der Waals surface area contributed by atoms with E-state index >= 15 is 0 Å². The van der Waals surface area contributed by atoms with Crippen molar-refractivity contribution >= 4 is 5.91 Å². The van der Waals surface area contributed by atoms with E-state index in [0.29, 0.717) is 6.54 Å². The van der Waals surface area contributed by atoms with E-state index in [1.165, 1.54) is 18.4 Å². The molecule has 1 aliphatic carbocycles. The van der Waals surface area contributed by atoms with Gasteiger partial charge in [0.2, 0.25) is 5.91 Å². The summed E-state index contributed by atoms with van der Waals surface area (Å²) in [6.45, 7) is 8.02. The SMILES string of the molecule is CC(C)(C)CC(NC(=O)CNCC1CC1)c1ccccc1. The summed E-state index contributed by atoms with van der Waals surface area (Å²) in [5.74, 6) is 0.894. The van der Waals surface area contributed by atoms with Crippen LogP contribution in [-0.4, -0.2) is 19.0 Å². The highest BCUT2D eigenvalue weighted by Crippen LogP contribution is 2.29. The molecule has 3 nitrogen and oxygen atoms in total. The third-order valence-corrected chi connectivity index (χ3v) is 3.77. The van der Waals surface area contributed by atoms with Crippen molar-refractivity contribution in [3.63, 3.8) is 0 Å². The van der Waals surface area contributed by atoms with E-state index in [-0.39, 0.29) is 17.4 Å². The maximum absolute atomic E-state index is 12.1. The lowest BCUT2D eigenvalue weighted by Gasteiger charge is -2.27. The predicted octanol–water partition coefficient (Wildman–Crippen LogP) is 3.28. The highest BCUT2D eigenvalue weighted by atomic mass is 16.1. The minimum Gasteiger partial charge on any atom is -0.348 e. The molecule has 1 fully saturated rings. The van der Waals surface area contributed by atoms with E-state index in [1.54, 1.807) is 0 Å². The summed E-state index contributed by atoms with van der Waals surface area (Å²) < 4.78 is 0. The van der Waals surface area contributed by atoms with Gasteiger partial charge in [-0.3, -0.25) is 4.79 Å². The van der Waals surface area contributed by atoms with Crippen molar-refractivity contribution in [2.24, 2.45) is 11.3 Å². The highest BCUT2D eigenvalue weighted by Gasteiger charge is 2.23. The molecule has 0 spiro atoms. The molecule has 1 aromatic rings. The Balaban J connectivity index is 1.89. The fraction of sp³-hybridized carbons (Fsp3) is 0.611. The van der Waals surface area contributed by atoms with Gasteiger partial charge in [0, 0.05) is 0 Å². The van der Waals surface area contributed by atoms with Crippen LogP contribution in [0.5, 0.6) is 0 Å². The molecule has 0 aromatic heterocycles. The molecule has 2 rings (SSSR count). The summed E-state index contributed by atoms with van der Waals surface area (Å²) in [7, 11) is 0. The van der Waals surface area contributed by atoms with E-state index in [1.807, 2.05) is 18.2 Å². The van der Waals surface area contributed by atoms with Gasteiger partial charge >= 0.3 is 0 Å². The van der Waals surface area contributed by atoms with Crippen LogP contribution in [0, 0.1) is 11.3 Å². The maximum atomic E-state index is 12.1. The molecule has 0 saturated heterocycles. The van der Waals surface area contributed by atoms with Gasteiger partial charge in [0.15, 0.2) is 0 Å². The highest BCUT2D eigenvalue weighted by molar-refractivity contribution is 5.78. The van der Waals surface area contributed by atoms with E-state index in [0.717, 1.165) is 18.9 Å². The van der Waals surface area contributed by atoms with Crippen LogP contribution < -0.4 is 10.6 Å². The number of rotatable bonds is 7. The lowest BCUT2D eigenvalue weighted by Crippen LogP contribution is -2.38. The molecule has 1 amide bonds. The molecule has 1 aliphatic rings. The number of hydrogen-bond donors (Lipinski definition) is 2. The molecule has 1 aromatic carbocycles. The molecule has 1 atom stereocenters. The molecule has 2 N–H and O–H groups in total. The smallest absolute Gasteiger partial charge is 0.234 e. The fourth-order valence-corrected chi connectivity index (χ4v) is 2.51. The van der Waals surface area contributed by atoms with Crippen LogP contribution in [0.25, 0.3) is 0 Å². The van der Waals surface area contributed by atoms with Gasteiger partial charge in [-0.1, -0.05) is 51.1 Å². The van der Waals surface area contributed by atoms with E-state index in [4.69, 9.17) is 0 Å². The molecule has 1 unspecified atom stereocenters. The minimum atomic E-state index is 0.0847. The van der Waals surface area contributed by atoms with Crippen LogP contribution in [0.2, 0.25) is 0 Å². The second kappa shape index (κ2) is 7.08. The first-order valence-electron chi connectivity index (χ1n) is 7.99. The second-order valence-electron chi connectivity index (χ2n) is 7.37. The number of carbonyl (C=O) groups excluding carboxylic acids is 1. The first-order valence-corrected chi connectivity index (χ1v) is 7.99. The maximum Gasteiger partial charge on any atom is 0.234 e. The van der Waals surface area contributed by atoms with Gasteiger partial charge < -0.3 is 10.6 Å². The van der Waals surface area contributed by atoms with Gasteiger partial charge in [-0.05, 0) is 42.7 Å². The molecule has 0 aliphatic heterocycles. The third kappa shape index (κ3) is 6.30. The second-order valence-corrected chi connectivity index (χ2v) is 7.37. The lowest BCUT2D eigenvalue weighted by atomic mass is 9.85. The van der Waals surface area contributed by atoms with Gasteiger partial charge in [0.1, 0.15) is 0 Å². The Kier molecular flexibility index (Phi) is 5.40. The number of amides is 1. The minimum absolute atomic E-state index is 0.0847. The van der Waals surface area contributed by atoms with E-state index < -0.39 is 0 Å². The third-order valence-electron chi connectivity index (χ3n) is 3.77. The number of hydrogen-bond acceptors (Lipinski definition) is 2. The molecule has 0 heterocycles. The zero-order valence-corrected chi connectivity index (χ0v) is 13.5. The van der Waals surface area contributed by atoms with Crippen molar-refractivity contribution in [2.45, 2.75) is 46.1 Å². The summed E-state index contributed by atoms with van der Waals surface area (Å²) in [4.78, 5) is 12.1. The standard InChI is InChI=1S/C18H28N2O/c1-18(2,3)11-16(15-7-5-4-6-8-15)20-17(21)13-19-12-14-9-10-14/h4-8,14,16,19H,9-13H2,1-3H3,(H,20,21). The Bertz CT molecular complexity index is 446. The largest absolute Gasteiger partial charge is 0.348 e. The van der Waals surface area contributed by atoms with Crippen LogP contribution in [0.1, 0.15) is 51.6 Å². The first kappa shape index (κ1) is 16.0. The number of carbonyl (C=O) groups is 1. The fourth-order valence-electron chi connectivity index (χ4n) is 2.51. The van der Waals surface area contributed by atoms with Crippen LogP contribution in [0.3, 0.4) is 0 Å². The number of benzene rings is 1. The first-order chi connectivity index (χ1) is 9.94.